The van der Waals surface area contributed by atoms with Gasteiger partial charge >= 0.3 is 0 Å². The summed E-state index contributed by atoms with van der Waals surface area (Å²) in [5.74, 6) is 5.52. The first kappa shape index (κ1) is 39.4. The van der Waals surface area contributed by atoms with Crippen molar-refractivity contribution in [3.63, 3.8) is 0 Å². The summed E-state index contributed by atoms with van der Waals surface area (Å²) in [6, 6.07) is 7.97. The molecule has 1 aromatic heterocycles. The lowest BCUT2D eigenvalue weighted by Crippen LogP contribution is -2.32. The summed E-state index contributed by atoms with van der Waals surface area (Å²) in [6.45, 7) is 22.3. The van der Waals surface area contributed by atoms with Crippen molar-refractivity contribution in [3.8, 4) is 11.5 Å². The topological polar surface area (TPSA) is 91.7 Å². The van der Waals surface area contributed by atoms with E-state index in [9.17, 15) is 0 Å². The van der Waals surface area contributed by atoms with Crippen molar-refractivity contribution in [1.29, 1.82) is 0 Å². The van der Waals surface area contributed by atoms with Gasteiger partial charge in [-0.1, -0.05) is 72.3 Å². The Kier molecular flexibility index (Phi) is 10.9. The summed E-state index contributed by atoms with van der Waals surface area (Å²) < 4.78 is 38.4. The van der Waals surface area contributed by atoms with Gasteiger partial charge in [0.2, 0.25) is 11.8 Å². The average Bonchev–Trinajstić information content (AvgIpc) is 4.06. The third-order valence-electron chi connectivity index (χ3n) is 12.7. The molecule has 7 rings (SSSR count). The van der Waals surface area contributed by atoms with Gasteiger partial charge in [-0.05, 0) is 113 Å². The lowest BCUT2D eigenvalue weighted by molar-refractivity contribution is 0.0802. The SMILES string of the molecule is CCC(C)(CC)Oc1ccc(OC2=CC(C3OC3C)(C3OC3C)C=C(OC3=CC=C(c4nnc(C5=CC=C(C(C)(C)CC)CC(C)(C)C5)o4)CC3)CC2)cc1. The quantitative estimate of drug-likeness (QED) is 0.176. The number of hydrogen-bond acceptors (Lipinski definition) is 8. The molecule has 4 unspecified atom stereocenters. The van der Waals surface area contributed by atoms with Crippen LogP contribution in [-0.2, 0) is 14.2 Å². The Morgan fingerprint density at radius 1 is 0.673 bits per heavy atom. The van der Waals surface area contributed by atoms with E-state index in [4.69, 9.17) is 28.1 Å². The average molecular weight is 751 g/mol. The van der Waals surface area contributed by atoms with E-state index in [2.05, 4.69) is 116 Å². The van der Waals surface area contributed by atoms with Gasteiger partial charge in [0.1, 0.15) is 34.4 Å². The van der Waals surface area contributed by atoms with Crippen LogP contribution in [0.25, 0.3) is 11.1 Å². The first-order valence-electron chi connectivity index (χ1n) is 20.7. The third kappa shape index (κ3) is 8.76. The maximum absolute atomic E-state index is 6.72. The fourth-order valence-electron chi connectivity index (χ4n) is 8.25. The van der Waals surface area contributed by atoms with E-state index in [1.54, 1.807) is 0 Å². The summed E-state index contributed by atoms with van der Waals surface area (Å²) >= 11 is 0. The Morgan fingerprint density at radius 2 is 1.22 bits per heavy atom. The Morgan fingerprint density at radius 3 is 1.76 bits per heavy atom. The van der Waals surface area contributed by atoms with Gasteiger partial charge in [0.05, 0.1) is 29.8 Å². The van der Waals surface area contributed by atoms with Gasteiger partial charge in [0, 0.05) is 30.4 Å². The fraction of sp³-hybridized carbons (Fsp3) is 0.574. The zero-order valence-corrected chi connectivity index (χ0v) is 34.8. The van der Waals surface area contributed by atoms with Crippen LogP contribution in [0.1, 0.15) is 139 Å². The van der Waals surface area contributed by atoms with Crippen molar-refractivity contribution in [3.05, 3.63) is 95.4 Å². The molecule has 2 fully saturated rings. The minimum atomic E-state index is -0.493. The molecule has 4 atom stereocenters. The predicted octanol–water partition coefficient (Wildman–Crippen LogP) is 11.9. The van der Waals surface area contributed by atoms with Crippen LogP contribution in [0.4, 0.5) is 0 Å². The van der Waals surface area contributed by atoms with Gasteiger partial charge in [-0.2, -0.15) is 0 Å². The molecule has 5 aliphatic rings. The maximum atomic E-state index is 6.72. The number of rotatable bonds is 14. The molecule has 3 aliphatic carbocycles. The van der Waals surface area contributed by atoms with Gasteiger partial charge in [-0.25, -0.2) is 0 Å². The predicted molar refractivity (Wildman–Crippen MR) is 217 cm³/mol. The van der Waals surface area contributed by atoms with Crippen molar-refractivity contribution in [2.75, 3.05) is 0 Å². The second kappa shape index (κ2) is 15.2. The normalized spacial score (nSPS) is 28.0. The molecule has 8 nitrogen and oxygen atoms in total. The Balaban J connectivity index is 1.07. The number of aromatic nitrogens is 2. The number of ether oxygens (including phenoxy) is 5. The molecule has 8 heteroatoms. The van der Waals surface area contributed by atoms with Gasteiger partial charge in [-0.15, -0.1) is 10.2 Å². The van der Waals surface area contributed by atoms with Gasteiger partial charge in [0.15, 0.2) is 0 Å². The largest absolute Gasteiger partial charge is 0.488 e. The molecule has 0 bridgehead atoms. The molecule has 3 heterocycles. The van der Waals surface area contributed by atoms with Gasteiger partial charge in [-0.3, -0.25) is 0 Å². The summed E-state index contributed by atoms with van der Waals surface area (Å²) in [6.07, 6.45) is 21.1. The van der Waals surface area contributed by atoms with Crippen LogP contribution in [-0.4, -0.2) is 40.2 Å². The molecule has 296 valence electrons. The lowest BCUT2D eigenvalue weighted by atomic mass is 9.73. The van der Waals surface area contributed by atoms with E-state index in [1.165, 1.54) is 5.57 Å². The highest BCUT2D eigenvalue weighted by molar-refractivity contribution is 5.66. The number of epoxide rings is 2. The second-order valence-electron chi connectivity index (χ2n) is 18.1. The molecule has 0 saturated carbocycles. The summed E-state index contributed by atoms with van der Waals surface area (Å²) in [5, 5.41) is 9.03. The number of nitrogens with zero attached hydrogens (tertiary/aromatic N) is 2. The van der Waals surface area contributed by atoms with Crippen LogP contribution in [0.5, 0.6) is 11.5 Å². The van der Waals surface area contributed by atoms with Crippen LogP contribution < -0.4 is 9.47 Å². The molecule has 2 saturated heterocycles. The smallest absolute Gasteiger partial charge is 0.244 e. The van der Waals surface area contributed by atoms with Crippen molar-refractivity contribution in [1.82, 2.24) is 10.2 Å². The minimum Gasteiger partial charge on any atom is -0.488 e. The molecule has 2 aromatic rings. The van der Waals surface area contributed by atoms with E-state index in [0.717, 1.165) is 84.9 Å². The lowest BCUT2D eigenvalue weighted by Gasteiger charge is -2.32. The Hall–Kier alpha value is -3.88. The van der Waals surface area contributed by atoms with Gasteiger partial charge in [0.25, 0.3) is 0 Å². The number of hydrogen-bond donors (Lipinski definition) is 0. The molecule has 0 spiro atoms. The molecule has 0 radical (unpaired) electrons. The molecule has 2 aliphatic heterocycles. The van der Waals surface area contributed by atoms with Crippen LogP contribution >= 0.6 is 0 Å². The van der Waals surface area contributed by atoms with Crippen LogP contribution in [0.2, 0.25) is 0 Å². The molecule has 55 heavy (non-hydrogen) atoms. The Bertz CT molecular complexity index is 1900. The summed E-state index contributed by atoms with van der Waals surface area (Å²) in [5.41, 5.74) is 3.18. The fourth-order valence-corrected chi connectivity index (χ4v) is 8.25. The third-order valence-corrected chi connectivity index (χ3v) is 12.7. The van der Waals surface area contributed by atoms with Crippen LogP contribution in [0, 0.1) is 16.2 Å². The molecular weight excluding hydrogens is 689 g/mol. The minimum absolute atomic E-state index is 0.0118. The van der Waals surface area contributed by atoms with Crippen LogP contribution in [0.15, 0.2) is 88.0 Å². The highest BCUT2D eigenvalue weighted by Gasteiger charge is 2.62. The summed E-state index contributed by atoms with van der Waals surface area (Å²) in [4.78, 5) is 0. The first-order chi connectivity index (χ1) is 26.1. The van der Waals surface area contributed by atoms with E-state index >= 15 is 0 Å². The van der Waals surface area contributed by atoms with Crippen molar-refractivity contribution >= 4 is 11.1 Å². The monoisotopic (exact) mass is 750 g/mol. The molecular formula is C47H62N2O6. The molecule has 0 N–H and O–H groups in total. The highest BCUT2D eigenvalue weighted by Crippen LogP contribution is 2.54. The zero-order valence-electron chi connectivity index (χ0n) is 34.8. The van der Waals surface area contributed by atoms with Gasteiger partial charge < -0.3 is 28.1 Å². The molecule has 0 amide bonds. The first-order valence-corrected chi connectivity index (χ1v) is 20.7. The zero-order chi connectivity index (χ0) is 39.2. The standard InChI is InChI=1S/C47H62N2O6/c1-11-45(8,9)34-17-14-33(26-44(6,7)27-34)43-49-48-42(54-43)32-15-18-35(19-16-32)52-38-24-25-39(29-47(28-38,40-30(4)50-40)41-31(5)51-41)53-36-20-22-37(23-21-36)55-46(10,12-2)13-3/h14-15,17-18,20-23,28-31,40-41H,11-13,16,19,24-27H2,1-10H3. The number of allylic oxidation sites excluding steroid dienone is 10. The molecule has 1 aromatic carbocycles. The van der Waals surface area contributed by atoms with E-state index in [0.29, 0.717) is 24.6 Å². The van der Waals surface area contributed by atoms with Crippen molar-refractivity contribution in [2.24, 2.45) is 16.2 Å². The Labute approximate surface area is 328 Å². The van der Waals surface area contributed by atoms with Crippen molar-refractivity contribution in [2.45, 2.75) is 157 Å². The highest BCUT2D eigenvalue weighted by atomic mass is 16.6. The second-order valence-corrected chi connectivity index (χ2v) is 18.1. The summed E-state index contributed by atoms with van der Waals surface area (Å²) in [7, 11) is 0. The van der Waals surface area contributed by atoms with Crippen LogP contribution in [0.3, 0.4) is 0 Å². The van der Waals surface area contributed by atoms with Crippen molar-refractivity contribution < 1.29 is 28.1 Å². The van der Waals surface area contributed by atoms with E-state index in [1.807, 2.05) is 24.3 Å². The maximum Gasteiger partial charge on any atom is 0.244 e. The van der Waals surface area contributed by atoms with E-state index in [-0.39, 0.29) is 40.8 Å². The number of benzene rings is 1. The van der Waals surface area contributed by atoms with E-state index < -0.39 is 5.41 Å².